The zero-order chi connectivity index (χ0) is 31.9. The predicted octanol–water partition coefficient (Wildman–Crippen LogP) is 4.83. The lowest BCUT2D eigenvalue weighted by atomic mass is 9.76. The molecule has 6 atom stereocenters. The minimum atomic E-state index is -1.97. The van der Waals surface area contributed by atoms with Crippen LogP contribution in [-0.4, -0.2) is 70.8 Å². The Morgan fingerprint density at radius 3 is 2.18 bits per heavy atom. The van der Waals surface area contributed by atoms with Crippen LogP contribution in [0.4, 0.5) is 4.79 Å². The van der Waals surface area contributed by atoms with E-state index in [4.69, 9.17) is 14.2 Å². The van der Waals surface area contributed by atoms with Crippen LogP contribution < -0.4 is 5.32 Å². The van der Waals surface area contributed by atoms with E-state index < -0.39 is 42.3 Å². The van der Waals surface area contributed by atoms with Crippen molar-refractivity contribution in [1.82, 2.24) is 5.32 Å². The van der Waals surface area contributed by atoms with E-state index in [0.29, 0.717) is 18.5 Å². The molecule has 1 aliphatic heterocycles. The fourth-order valence-corrected chi connectivity index (χ4v) is 5.49. The first-order chi connectivity index (χ1) is 21.9. The molecular formula is C34H42N4O7. The number of azide groups is 1. The Kier molecular flexibility index (Phi) is 13.2. The minimum absolute atomic E-state index is 0.0444. The summed E-state index contributed by atoms with van der Waals surface area (Å²) in [4.78, 5) is 14.8. The summed E-state index contributed by atoms with van der Waals surface area (Å²) in [7, 11) is 0. The van der Waals surface area contributed by atoms with Gasteiger partial charge < -0.3 is 34.8 Å². The first kappa shape index (κ1) is 33.9. The van der Waals surface area contributed by atoms with Crippen LogP contribution in [0.15, 0.2) is 96.1 Å². The molecule has 4 N–H and O–H groups in total. The fraction of sp³-hybridized carbons (Fsp3) is 0.441. The maximum atomic E-state index is 12.0. The van der Waals surface area contributed by atoms with Crippen LogP contribution in [0, 0.1) is 0 Å². The maximum absolute atomic E-state index is 12.0. The molecule has 3 aromatic rings. The lowest BCUT2D eigenvalue weighted by molar-refractivity contribution is -0.304. The lowest BCUT2D eigenvalue weighted by Crippen LogP contribution is -2.69. The molecule has 240 valence electrons. The number of amides is 1. The molecule has 1 amide bonds. The van der Waals surface area contributed by atoms with Gasteiger partial charge in [-0.3, -0.25) is 0 Å². The molecular weight excluding hydrogens is 576 g/mol. The number of rotatable bonds is 16. The van der Waals surface area contributed by atoms with Crippen LogP contribution in [0.25, 0.3) is 10.4 Å². The van der Waals surface area contributed by atoms with Crippen molar-refractivity contribution >= 4 is 6.09 Å². The normalized spacial score (nSPS) is 23.4. The predicted molar refractivity (Wildman–Crippen MR) is 168 cm³/mol. The molecule has 1 heterocycles. The van der Waals surface area contributed by atoms with Crippen molar-refractivity contribution in [2.75, 3.05) is 13.2 Å². The Hall–Kier alpha value is -3.96. The number of ether oxygens (including phenoxy) is 3. The number of hydrogen-bond donors (Lipinski definition) is 4. The molecule has 3 aromatic carbocycles. The first-order valence-corrected chi connectivity index (χ1v) is 15.3. The van der Waals surface area contributed by atoms with Gasteiger partial charge >= 0.3 is 6.09 Å². The number of nitrogens with one attached hydrogen (secondary N) is 1. The minimum Gasteiger partial charge on any atom is -0.445 e. The summed E-state index contributed by atoms with van der Waals surface area (Å²) >= 11 is 0. The topological polar surface area (TPSA) is 166 Å². The summed E-state index contributed by atoms with van der Waals surface area (Å²) in [5.41, 5.74) is 9.87. The Morgan fingerprint density at radius 2 is 1.53 bits per heavy atom. The van der Waals surface area contributed by atoms with Crippen LogP contribution in [0.5, 0.6) is 0 Å². The quantitative estimate of drug-likeness (QED) is 0.0772. The molecule has 1 fully saturated rings. The lowest BCUT2D eigenvalue weighted by Gasteiger charge is -2.50. The third kappa shape index (κ3) is 10.0. The summed E-state index contributed by atoms with van der Waals surface area (Å²) in [6.45, 7) is 0.921. The number of carbonyl (C=O) groups excluding carboxylic acids is 1. The van der Waals surface area contributed by atoms with Gasteiger partial charge in [0.2, 0.25) is 0 Å². The van der Waals surface area contributed by atoms with E-state index in [1.807, 2.05) is 78.9 Å². The van der Waals surface area contributed by atoms with E-state index in [1.165, 1.54) is 0 Å². The van der Waals surface area contributed by atoms with Gasteiger partial charge in [0.15, 0.2) is 6.29 Å². The molecule has 1 aliphatic rings. The highest BCUT2D eigenvalue weighted by molar-refractivity contribution is 5.67. The van der Waals surface area contributed by atoms with Crippen LogP contribution in [-0.2, 0) is 33.7 Å². The number of benzene rings is 3. The van der Waals surface area contributed by atoms with Crippen LogP contribution in [0.2, 0.25) is 0 Å². The van der Waals surface area contributed by atoms with E-state index in [9.17, 15) is 25.6 Å². The molecule has 1 unspecified atom stereocenters. The zero-order valence-electron chi connectivity index (χ0n) is 25.2. The average Bonchev–Trinajstić information content (AvgIpc) is 3.06. The number of unbranched alkanes of at least 4 members (excludes halogenated alkanes) is 3. The maximum Gasteiger partial charge on any atom is 0.407 e. The van der Waals surface area contributed by atoms with Crippen LogP contribution >= 0.6 is 0 Å². The zero-order valence-corrected chi connectivity index (χ0v) is 25.2. The summed E-state index contributed by atoms with van der Waals surface area (Å²) in [5.74, 6) is 0. The van der Waals surface area contributed by atoms with E-state index in [-0.39, 0.29) is 26.1 Å². The van der Waals surface area contributed by atoms with Crippen molar-refractivity contribution in [3.05, 3.63) is 118 Å². The Morgan fingerprint density at radius 1 is 0.933 bits per heavy atom. The van der Waals surface area contributed by atoms with Crippen molar-refractivity contribution in [3.8, 4) is 0 Å². The molecule has 11 heteroatoms. The number of aliphatic hydroxyl groups excluding tert-OH is 2. The van der Waals surface area contributed by atoms with Gasteiger partial charge in [-0.05, 0) is 35.1 Å². The molecule has 0 radical (unpaired) electrons. The van der Waals surface area contributed by atoms with Crippen molar-refractivity contribution in [2.45, 2.75) is 81.4 Å². The van der Waals surface area contributed by atoms with Gasteiger partial charge in [0.05, 0.1) is 6.10 Å². The molecule has 0 spiro atoms. The largest absolute Gasteiger partial charge is 0.445 e. The Labute approximate surface area is 263 Å². The standard InChI is InChI=1S/C34H42N4O7/c35-38-37-30-32(43-21-13-2-1-12-20-36-33(41)44-24-27-18-10-5-11-19-27)45-29(28(39)22-25-14-6-3-7-15-25)31(40)34(30,42)23-26-16-8-4-9-17-26/h3-11,14-19,28-32,39-40,42H,1-2,12-13,20-24H2,(H,36,41)/t28?,29-,30-,31-,32+,34-/m1/s1. The van der Waals surface area contributed by atoms with E-state index in [0.717, 1.165) is 30.4 Å². The molecule has 0 bridgehead atoms. The summed E-state index contributed by atoms with van der Waals surface area (Å²) in [5, 5.41) is 41.1. The van der Waals surface area contributed by atoms with Crippen molar-refractivity contribution in [3.63, 3.8) is 0 Å². The SMILES string of the molecule is [N-]=[N+]=N[C@@H]1[C@@H](OCCCCCCNC(=O)OCc2ccccc2)O[C@H](C(O)Cc2ccccc2)[C@@H](O)[C@@]1(O)Cc1ccccc1. The highest BCUT2D eigenvalue weighted by atomic mass is 16.7. The van der Waals surface area contributed by atoms with Crippen LogP contribution in [0.3, 0.4) is 0 Å². The molecule has 0 saturated carbocycles. The molecule has 0 aromatic heterocycles. The average molecular weight is 619 g/mol. The molecule has 4 rings (SSSR count). The number of carbonyl (C=O) groups is 1. The van der Waals surface area contributed by atoms with Gasteiger partial charge in [0.25, 0.3) is 0 Å². The molecule has 11 nitrogen and oxygen atoms in total. The fourth-order valence-electron chi connectivity index (χ4n) is 5.49. The van der Waals surface area contributed by atoms with E-state index in [2.05, 4.69) is 15.3 Å². The van der Waals surface area contributed by atoms with E-state index >= 15 is 0 Å². The molecule has 0 aliphatic carbocycles. The second-order valence-corrected chi connectivity index (χ2v) is 11.2. The summed E-state index contributed by atoms with van der Waals surface area (Å²) in [6.07, 6.45) is -2.48. The second-order valence-electron chi connectivity index (χ2n) is 11.2. The highest BCUT2D eigenvalue weighted by Gasteiger charge is 2.57. The monoisotopic (exact) mass is 618 g/mol. The van der Waals surface area contributed by atoms with Gasteiger partial charge in [-0.2, -0.15) is 0 Å². The number of hydrogen-bond acceptors (Lipinski definition) is 8. The van der Waals surface area contributed by atoms with E-state index in [1.54, 1.807) is 12.1 Å². The molecule has 1 saturated heterocycles. The van der Waals surface area contributed by atoms with Crippen molar-refractivity contribution < 1.29 is 34.3 Å². The van der Waals surface area contributed by atoms with Gasteiger partial charge in [-0.15, -0.1) is 0 Å². The van der Waals surface area contributed by atoms with Crippen molar-refractivity contribution in [1.29, 1.82) is 0 Å². The third-order valence-electron chi connectivity index (χ3n) is 7.89. The smallest absolute Gasteiger partial charge is 0.407 e. The number of alkyl carbamates (subject to hydrolysis) is 1. The van der Waals surface area contributed by atoms with Gasteiger partial charge in [0, 0.05) is 30.9 Å². The first-order valence-electron chi connectivity index (χ1n) is 15.3. The Bertz CT molecular complexity index is 1340. The van der Waals surface area contributed by atoms with Gasteiger partial charge in [-0.1, -0.05) is 109 Å². The van der Waals surface area contributed by atoms with Gasteiger partial charge in [0.1, 0.15) is 30.5 Å². The third-order valence-corrected chi connectivity index (χ3v) is 7.89. The number of aliphatic hydroxyl groups is 3. The van der Waals surface area contributed by atoms with Gasteiger partial charge in [-0.25, -0.2) is 4.79 Å². The second kappa shape index (κ2) is 17.5. The van der Waals surface area contributed by atoms with Crippen LogP contribution in [0.1, 0.15) is 42.4 Å². The molecule has 45 heavy (non-hydrogen) atoms. The van der Waals surface area contributed by atoms with Crippen molar-refractivity contribution in [2.24, 2.45) is 5.11 Å². The summed E-state index contributed by atoms with van der Waals surface area (Å²) < 4.78 is 17.3. The Balaban J connectivity index is 1.31. The highest BCUT2D eigenvalue weighted by Crippen LogP contribution is 2.37. The summed E-state index contributed by atoms with van der Waals surface area (Å²) in [6, 6.07) is 26.5. The number of nitrogens with zero attached hydrogens (tertiary/aromatic N) is 3.